The number of benzene rings is 2. The predicted octanol–water partition coefficient (Wildman–Crippen LogP) is 4.59. The monoisotopic (exact) mass is 463 g/mol. The van der Waals surface area contributed by atoms with Crippen molar-refractivity contribution in [3.05, 3.63) is 62.9 Å². The lowest BCUT2D eigenvalue weighted by molar-refractivity contribution is -0.130. The summed E-state index contributed by atoms with van der Waals surface area (Å²) in [6.45, 7) is 4.53. The molecule has 0 unspecified atom stereocenters. The van der Waals surface area contributed by atoms with E-state index in [4.69, 9.17) is 14.2 Å². The quantitative estimate of drug-likeness (QED) is 0.358. The van der Waals surface area contributed by atoms with Crippen molar-refractivity contribution in [2.45, 2.75) is 20.5 Å². The van der Waals surface area contributed by atoms with Crippen LogP contribution in [0.2, 0.25) is 0 Å². The first-order valence-corrected chi connectivity index (χ1v) is 9.27. The van der Waals surface area contributed by atoms with Crippen molar-refractivity contribution in [1.82, 2.24) is 0 Å². The minimum absolute atomic E-state index is 0.277. The Morgan fingerprint density at radius 1 is 1.19 bits per heavy atom. The standard InChI is InChI=1S/C20H18INO4/c1-3-24-18-11-15(10-17-20(23)26-13(2)22-17)9-16(21)19(18)25-12-14-7-5-4-6-8-14/h4-11H,3,12H2,1-2H3/b17-10+. The number of rotatable bonds is 6. The van der Waals surface area contributed by atoms with Crippen molar-refractivity contribution in [3.63, 3.8) is 0 Å². The summed E-state index contributed by atoms with van der Waals surface area (Å²) >= 11 is 2.20. The van der Waals surface area contributed by atoms with Crippen molar-refractivity contribution >= 4 is 40.5 Å². The summed E-state index contributed by atoms with van der Waals surface area (Å²) in [5.41, 5.74) is 2.16. The Bertz CT molecular complexity index is 875. The first-order valence-electron chi connectivity index (χ1n) is 8.19. The molecular weight excluding hydrogens is 445 g/mol. The van der Waals surface area contributed by atoms with E-state index in [9.17, 15) is 4.79 Å². The second-order valence-corrected chi connectivity index (χ2v) is 6.75. The van der Waals surface area contributed by atoms with Crippen LogP contribution in [0.3, 0.4) is 0 Å². The van der Waals surface area contributed by atoms with Gasteiger partial charge >= 0.3 is 5.97 Å². The van der Waals surface area contributed by atoms with E-state index in [0.29, 0.717) is 30.6 Å². The first kappa shape index (κ1) is 18.4. The van der Waals surface area contributed by atoms with Crippen LogP contribution >= 0.6 is 22.6 Å². The van der Waals surface area contributed by atoms with Crippen LogP contribution in [0.4, 0.5) is 0 Å². The van der Waals surface area contributed by atoms with Gasteiger partial charge in [-0.15, -0.1) is 0 Å². The maximum absolute atomic E-state index is 11.7. The molecule has 134 valence electrons. The second-order valence-electron chi connectivity index (χ2n) is 5.59. The largest absolute Gasteiger partial charge is 0.490 e. The molecule has 0 amide bonds. The number of halogens is 1. The van der Waals surface area contributed by atoms with Gasteiger partial charge in [0.05, 0.1) is 10.2 Å². The lowest BCUT2D eigenvalue weighted by Crippen LogP contribution is -2.02. The Labute approximate surface area is 165 Å². The molecule has 0 fully saturated rings. The van der Waals surface area contributed by atoms with Crippen molar-refractivity contribution in [1.29, 1.82) is 0 Å². The highest BCUT2D eigenvalue weighted by Gasteiger charge is 2.20. The normalized spacial score (nSPS) is 15.0. The first-order chi connectivity index (χ1) is 12.6. The van der Waals surface area contributed by atoms with Crippen LogP contribution in [0, 0.1) is 3.57 Å². The summed E-state index contributed by atoms with van der Waals surface area (Å²) in [6, 6.07) is 13.7. The van der Waals surface area contributed by atoms with Crippen LogP contribution in [0.5, 0.6) is 11.5 Å². The molecule has 0 N–H and O–H groups in total. The van der Waals surface area contributed by atoms with E-state index in [1.165, 1.54) is 0 Å². The number of aliphatic imine (C=N–C) groups is 1. The number of esters is 1. The third kappa shape index (κ3) is 4.43. The highest BCUT2D eigenvalue weighted by atomic mass is 127. The van der Waals surface area contributed by atoms with E-state index in [-0.39, 0.29) is 5.70 Å². The van der Waals surface area contributed by atoms with E-state index in [0.717, 1.165) is 14.7 Å². The van der Waals surface area contributed by atoms with Gasteiger partial charge in [0, 0.05) is 6.92 Å². The molecule has 0 radical (unpaired) electrons. The van der Waals surface area contributed by atoms with Crippen LogP contribution in [0.25, 0.3) is 6.08 Å². The molecule has 0 spiro atoms. The smallest absolute Gasteiger partial charge is 0.363 e. The van der Waals surface area contributed by atoms with Gasteiger partial charge < -0.3 is 14.2 Å². The number of nitrogens with zero attached hydrogens (tertiary/aromatic N) is 1. The Morgan fingerprint density at radius 2 is 1.96 bits per heavy atom. The lowest BCUT2D eigenvalue weighted by atomic mass is 10.1. The lowest BCUT2D eigenvalue weighted by Gasteiger charge is -2.15. The SMILES string of the molecule is CCOc1cc(/C=C2/N=C(C)OC2=O)cc(I)c1OCc1ccccc1. The third-order valence-corrected chi connectivity index (χ3v) is 4.39. The Hall–Kier alpha value is -2.35. The number of hydrogen-bond acceptors (Lipinski definition) is 5. The summed E-state index contributed by atoms with van der Waals surface area (Å²) in [7, 11) is 0. The van der Waals surface area contributed by atoms with Gasteiger partial charge in [-0.1, -0.05) is 30.3 Å². The molecule has 5 nitrogen and oxygen atoms in total. The van der Waals surface area contributed by atoms with E-state index in [1.807, 2.05) is 49.4 Å². The van der Waals surface area contributed by atoms with Crippen molar-refractivity contribution < 1.29 is 19.0 Å². The topological polar surface area (TPSA) is 57.1 Å². The molecule has 0 atom stereocenters. The van der Waals surface area contributed by atoms with Crippen LogP contribution in [0.15, 0.2) is 53.2 Å². The fourth-order valence-electron chi connectivity index (χ4n) is 2.48. The van der Waals surface area contributed by atoms with Gasteiger partial charge in [-0.05, 0) is 58.9 Å². The fraction of sp³-hybridized carbons (Fsp3) is 0.200. The summed E-state index contributed by atoms with van der Waals surface area (Å²) in [5.74, 6) is 1.23. The number of carbonyl (C=O) groups is 1. The van der Waals surface area contributed by atoms with Crippen LogP contribution in [-0.4, -0.2) is 18.5 Å². The zero-order chi connectivity index (χ0) is 18.5. The molecule has 1 aliphatic heterocycles. The van der Waals surface area contributed by atoms with Gasteiger partial charge in [0.15, 0.2) is 23.1 Å². The van der Waals surface area contributed by atoms with Crippen LogP contribution in [0.1, 0.15) is 25.0 Å². The zero-order valence-electron chi connectivity index (χ0n) is 14.5. The second kappa shape index (κ2) is 8.35. The molecule has 3 rings (SSSR count). The molecule has 2 aromatic carbocycles. The van der Waals surface area contributed by atoms with Crippen molar-refractivity contribution in [3.8, 4) is 11.5 Å². The van der Waals surface area contributed by atoms with Gasteiger partial charge in [0.1, 0.15) is 6.61 Å². The van der Waals surface area contributed by atoms with Gasteiger partial charge in [0.2, 0.25) is 0 Å². The van der Waals surface area contributed by atoms with E-state index in [1.54, 1.807) is 13.0 Å². The molecule has 26 heavy (non-hydrogen) atoms. The Balaban J connectivity index is 1.88. The number of hydrogen-bond donors (Lipinski definition) is 0. The van der Waals surface area contributed by atoms with E-state index in [2.05, 4.69) is 27.6 Å². The average Bonchev–Trinajstić information content (AvgIpc) is 2.92. The Morgan fingerprint density at radius 3 is 2.62 bits per heavy atom. The maximum atomic E-state index is 11.7. The van der Waals surface area contributed by atoms with E-state index >= 15 is 0 Å². The van der Waals surface area contributed by atoms with Gasteiger partial charge in [-0.3, -0.25) is 0 Å². The summed E-state index contributed by atoms with van der Waals surface area (Å²) in [5, 5.41) is 0. The fourth-order valence-corrected chi connectivity index (χ4v) is 3.26. The summed E-state index contributed by atoms with van der Waals surface area (Å²) < 4.78 is 17.6. The molecule has 0 aromatic heterocycles. The molecular formula is C20H18INO4. The summed E-state index contributed by atoms with van der Waals surface area (Å²) in [6.07, 6.45) is 1.69. The highest BCUT2D eigenvalue weighted by Crippen LogP contribution is 2.35. The minimum atomic E-state index is -0.445. The molecule has 2 aromatic rings. The molecule has 0 bridgehead atoms. The highest BCUT2D eigenvalue weighted by molar-refractivity contribution is 14.1. The van der Waals surface area contributed by atoms with E-state index < -0.39 is 5.97 Å². The molecule has 1 aliphatic rings. The average molecular weight is 463 g/mol. The molecule has 0 aliphatic carbocycles. The van der Waals surface area contributed by atoms with Crippen molar-refractivity contribution in [2.75, 3.05) is 6.61 Å². The number of cyclic esters (lactones) is 1. The predicted molar refractivity (Wildman–Crippen MR) is 108 cm³/mol. The van der Waals surface area contributed by atoms with Gasteiger partial charge in [0.25, 0.3) is 0 Å². The Kier molecular flexibility index (Phi) is 5.92. The molecule has 6 heteroatoms. The molecule has 1 heterocycles. The number of ether oxygens (including phenoxy) is 3. The number of carbonyl (C=O) groups excluding carboxylic acids is 1. The van der Waals surface area contributed by atoms with Gasteiger partial charge in [-0.2, -0.15) is 0 Å². The van der Waals surface area contributed by atoms with Gasteiger partial charge in [-0.25, -0.2) is 9.79 Å². The van der Waals surface area contributed by atoms with Crippen LogP contribution < -0.4 is 9.47 Å². The zero-order valence-corrected chi connectivity index (χ0v) is 16.6. The third-order valence-electron chi connectivity index (χ3n) is 3.59. The molecule has 0 saturated carbocycles. The summed E-state index contributed by atoms with van der Waals surface area (Å²) in [4.78, 5) is 15.8. The maximum Gasteiger partial charge on any atom is 0.363 e. The van der Waals surface area contributed by atoms with Crippen molar-refractivity contribution in [2.24, 2.45) is 4.99 Å². The minimum Gasteiger partial charge on any atom is -0.490 e. The van der Waals surface area contributed by atoms with Crippen LogP contribution in [-0.2, 0) is 16.1 Å². The molecule has 0 saturated heterocycles.